The highest BCUT2D eigenvalue weighted by Crippen LogP contribution is 2.45. The van der Waals surface area contributed by atoms with Crippen LogP contribution in [0.1, 0.15) is 47.5 Å². The first kappa shape index (κ1) is 19.7. The topological polar surface area (TPSA) is 60.7 Å². The summed E-state index contributed by atoms with van der Waals surface area (Å²) in [4.78, 5) is 0. The van der Waals surface area contributed by atoms with Gasteiger partial charge < -0.3 is 15.3 Å². The van der Waals surface area contributed by atoms with Gasteiger partial charge >= 0.3 is 0 Å². The largest absolute Gasteiger partial charge is 0.393 e. The first-order valence-corrected chi connectivity index (χ1v) is 8.09. The minimum atomic E-state index is -1.03. The first-order valence-electron chi connectivity index (χ1n) is 8.09. The quantitative estimate of drug-likeness (QED) is 0.550. The molecule has 0 amide bonds. The predicted octanol–water partition coefficient (Wildman–Crippen LogP) is 3.44. The molecule has 2 atom stereocenters. The van der Waals surface area contributed by atoms with E-state index in [9.17, 15) is 10.2 Å². The van der Waals surface area contributed by atoms with Crippen LogP contribution in [-0.2, 0) is 0 Å². The molecule has 1 aliphatic rings. The molecule has 0 saturated heterocycles. The van der Waals surface area contributed by atoms with Gasteiger partial charge in [-0.05, 0) is 44.3 Å². The Kier molecular flexibility index (Phi) is 6.79. The first-order chi connectivity index (χ1) is 10.6. The van der Waals surface area contributed by atoms with E-state index in [1.165, 1.54) is 0 Å². The van der Waals surface area contributed by atoms with Crippen LogP contribution in [0.3, 0.4) is 0 Å². The maximum Gasteiger partial charge on any atom is 0.0931 e. The Morgan fingerprint density at radius 2 is 1.87 bits per heavy atom. The summed E-state index contributed by atoms with van der Waals surface area (Å²) in [5.74, 6) is 0. The van der Waals surface area contributed by atoms with Crippen molar-refractivity contribution < 1.29 is 15.3 Å². The lowest BCUT2D eigenvalue weighted by Gasteiger charge is -2.43. The van der Waals surface area contributed by atoms with Crippen molar-refractivity contribution in [3.05, 3.63) is 52.8 Å². The van der Waals surface area contributed by atoms with E-state index in [2.05, 4.69) is 5.73 Å². The molecular formula is C20H30O3. The van der Waals surface area contributed by atoms with Crippen LogP contribution in [0.4, 0.5) is 0 Å². The molecule has 3 N–H and O–H groups in total. The van der Waals surface area contributed by atoms with Gasteiger partial charge in [-0.1, -0.05) is 43.7 Å². The van der Waals surface area contributed by atoms with E-state index in [0.717, 1.165) is 16.7 Å². The number of hydrogen-bond donors (Lipinski definition) is 3. The molecule has 0 spiro atoms. The van der Waals surface area contributed by atoms with E-state index in [4.69, 9.17) is 5.11 Å². The molecule has 0 heterocycles. The second-order valence-electron chi connectivity index (χ2n) is 7.28. The third-order valence-corrected chi connectivity index (χ3v) is 4.17. The van der Waals surface area contributed by atoms with Gasteiger partial charge in [0.1, 0.15) is 0 Å². The molecule has 1 saturated carbocycles. The summed E-state index contributed by atoms with van der Waals surface area (Å²) in [7, 11) is 0. The monoisotopic (exact) mass is 318 g/mol. The van der Waals surface area contributed by atoms with Crippen LogP contribution in [0.25, 0.3) is 0 Å². The lowest BCUT2D eigenvalue weighted by Crippen LogP contribution is -2.45. The molecule has 0 aromatic rings. The van der Waals surface area contributed by atoms with Crippen molar-refractivity contribution in [2.75, 3.05) is 6.61 Å². The molecule has 1 fully saturated rings. The van der Waals surface area contributed by atoms with Crippen molar-refractivity contribution in [3.8, 4) is 0 Å². The van der Waals surface area contributed by atoms with Crippen LogP contribution < -0.4 is 0 Å². The van der Waals surface area contributed by atoms with Crippen LogP contribution in [0.2, 0.25) is 0 Å². The average Bonchev–Trinajstić information content (AvgIpc) is 2.35. The van der Waals surface area contributed by atoms with Gasteiger partial charge in [-0.3, -0.25) is 0 Å². The van der Waals surface area contributed by atoms with Crippen molar-refractivity contribution in [1.29, 1.82) is 0 Å². The van der Waals surface area contributed by atoms with Gasteiger partial charge in [0.25, 0.3) is 0 Å². The fraction of sp³-hybridized carbons (Fsp3) is 0.550. The van der Waals surface area contributed by atoms with Gasteiger partial charge in [-0.2, -0.15) is 0 Å². The predicted molar refractivity (Wildman–Crippen MR) is 95.0 cm³/mol. The summed E-state index contributed by atoms with van der Waals surface area (Å²) >= 11 is 0. The summed E-state index contributed by atoms with van der Waals surface area (Å²) in [6.07, 6.45) is 9.93. The molecule has 128 valence electrons. The summed E-state index contributed by atoms with van der Waals surface area (Å²) in [6.45, 7) is 9.75. The molecule has 0 aromatic carbocycles. The Morgan fingerprint density at radius 1 is 1.22 bits per heavy atom. The molecule has 1 aliphatic carbocycles. The van der Waals surface area contributed by atoms with Gasteiger partial charge in [-0.25, -0.2) is 0 Å². The summed E-state index contributed by atoms with van der Waals surface area (Å²) in [6, 6.07) is 0. The Bertz CT molecular complexity index is 548. The highest BCUT2D eigenvalue weighted by Gasteiger charge is 2.44. The molecule has 0 radical (unpaired) electrons. The zero-order valence-electron chi connectivity index (χ0n) is 14.9. The van der Waals surface area contributed by atoms with Crippen molar-refractivity contribution in [2.45, 2.75) is 59.2 Å². The minimum Gasteiger partial charge on any atom is -0.393 e. The van der Waals surface area contributed by atoms with Crippen molar-refractivity contribution in [3.63, 3.8) is 0 Å². The van der Waals surface area contributed by atoms with E-state index in [1.807, 2.05) is 52.0 Å². The second kappa shape index (κ2) is 7.94. The molecule has 3 nitrogen and oxygen atoms in total. The highest BCUT2D eigenvalue weighted by molar-refractivity contribution is 5.31. The number of allylic oxidation sites excluding steroid dienone is 5. The van der Waals surface area contributed by atoms with E-state index in [-0.39, 0.29) is 12.0 Å². The molecule has 1 rings (SSSR count). The third-order valence-electron chi connectivity index (χ3n) is 4.17. The Labute approximate surface area is 140 Å². The Balaban J connectivity index is 3.02. The SMILES string of the molecule is C\C(C=C=C1C(C)(C)C[C@H](O)C[C@@]1(C)O)=C/C=C/C(C)=C/CO. The van der Waals surface area contributed by atoms with Crippen LogP contribution in [0.15, 0.2) is 52.8 Å². The van der Waals surface area contributed by atoms with Gasteiger partial charge in [0.05, 0.1) is 18.3 Å². The third kappa shape index (κ3) is 5.96. The van der Waals surface area contributed by atoms with Crippen LogP contribution in [0.5, 0.6) is 0 Å². The molecule has 0 aliphatic heterocycles. The summed E-state index contributed by atoms with van der Waals surface area (Å²) < 4.78 is 0. The summed E-state index contributed by atoms with van der Waals surface area (Å²) in [5, 5.41) is 29.4. The van der Waals surface area contributed by atoms with Gasteiger partial charge in [-0.15, -0.1) is 5.73 Å². The maximum absolute atomic E-state index is 10.6. The van der Waals surface area contributed by atoms with Crippen LogP contribution in [0, 0.1) is 5.41 Å². The van der Waals surface area contributed by atoms with Crippen molar-refractivity contribution in [1.82, 2.24) is 0 Å². The van der Waals surface area contributed by atoms with Crippen LogP contribution in [-0.4, -0.2) is 33.6 Å². The fourth-order valence-corrected chi connectivity index (χ4v) is 3.20. The zero-order chi connectivity index (χ0) is 17.7. The molecular weight excluding hydrogens is 288 g/mol. The van der Waals surface area contributed by atoms with Crippen molar-refractivity contribution >= 4 is 0 Å². The Morgan fingerprint density at radius 3 is 2.43 bits per heavy atom. The lowest BCUT2D eigenvalue weighted by atomic mass is 9.65. The maximum atomic E-state index is 10.6. The second-order valence-corrected chi connectivity index (χ2v) is 7.28. The minimum absolute atomic E-state index is 0.0425. The highest BCUT2D eigenvalue weighted by atomic mass is 16.3. The van der Waals surface area contributed by atoms with Crippen molar-refractivity contribution in [2.24, 2.45) is 5.41 Å². The molecule has 0 bridgehead atoms. The molecule has 0 unspecified atom stereocenters. The number of hydrogen-bond acceptors (Lipinski definition) is 3. The summed E-state index contributed by atoms with van der Waals surface area (Å²) in [5.41, 5.74) is 4.80. The molecule has 3 heteroatoms. The van der Waals surface area contributed by atoms with E-state index >= 15 is 0 Å². The van der Waals surface area contributed by atoms with Gasteiger partial charge in [0.2, 0.25) is 0 Å². The lowest BCUT2D eigenvalue weighted by molar-refractivity contribution is -0.0268. The number of rotatable bonds is 4. The van der Waals surface area contributed by atoms with E-state index < -0.39 is 11.7 Å². The van der Waals surface area contributed by atoms with Gasteiger partial charge in [0, 0.05) is 12.0 Å². The fourth-order valence-electron chi connectivity index (χ4n) is 3.20. The Hall–Kier alpha value is -1.38. The molecule has 23 heavy (non-hydrogen) atoms. The van der Waals surface area contributed by atoms with Gasteiger partial charge in [0.15, 0.2) is 0 Å². The number of aliphatic hydroxyl groups is 3. The normalized spacial score (nSPS) is 28.9. The smallest absolute Gasteiger partial charge is 0.0931 e. The molecule has 0 aromatic heterocycles. The standard InChI is InChI=1S/C20H30O3/c1-15(7-6-8-16(2)11-12-21)9-10-18-19(3,4)13-17(22)14-20(18,5)23/h6-9,11,17,21-23H,12-14H2,1-5H3/b8-6+,15-7+,16-11+/t10?,17-,20+/m0/s1. The average molecular weight is 318 g/mol. The van der Waals surface area contributed by atoms with Crippen LogP contribution >= 0.6 is 0 Å². The zero-order valence-corrected chi connectivity index (χ0v) is 14.9. The van der Waals surface area contributed by atoms with E-state index in [0.29, 0.717) is 12.8 Å². The number of aliphatic hydroxyl groups excluding tert-OH is 2. The van der Waals surface area contributed by atoms with E-state index in [1.54, 1.807) is 13.0 Å².